The Morgan fingerprint density at radius 2 is 1.86 bits per heavy atom. The number of nitrogens with zero attached hydrogens (tertiary/aromatic N) is 3. The van der Waals surface area contributed by atoms with Crippen molar-refractivity contribution in [2.45, 2.75) is 50.5 Å². The van der Waals surface area contributed by atoms with Gasteiger partial charge in [-0.25, -0.2) is 9.78 Å². The first-order valence-corrected chi connectivity index (χ1v) is 12.8. The largest absolute Gasteiger partial charge is 0.427 e. The summed E-state index contributed by atoms with van der Waals surface area (Å²) in [6, 6.07) is 9.33. The van der Waals surface area contributed by atoms with Crippen LogP contribution in [-0.2, 0) is 16.2 Å². The number of benzene rings is 1. The van der Waals surface area contributed by atoms with Crippen molar-refractivity contribution in [3.8, 4) is 11.3 Å². The Bertz CT molecular complexity index is 1240. The van der Waals surface area contributed by atoms with E-state index in [9.17, 15) is 4.79 Å². The van der Waals surface area contributed by atoms with E-state index in [0.29, 0.717) is 33.8 Å². The van der Waals surface area contributed by atoms with Crippen LogP contribution in [0, 0.1) is 0 Å². The lowest BCUT2D eigenvalue weighted by atomic mass is 10.0. The van der Waals surface area contributed by atoms with E-state index < -0.39 is 6.09 Å². The van der Waals surface area contributed by atoms with Gasteiger partial charge in [0.05, 0.1) is 22.8 Å². The smallest absolute Gasteiger partial charge is 0.373 e. The van der Waals surface area contributed by atoms with Crippen LogP contribution in [0.2, 0.25) is 10.0 Å². The Hall–Kier alpha value is -2.85. The van der Waals surface area contributed by atoms with E-state index in [0.717, 1.165) is 61.5 Å². The highest BCUT2D eigenvalue weighted by molar-refractivity contribution is 6.39. The van der Waals surface area contributed by atoms with Gasteiger partial charge in [0.25, 0.3) is 0 Å². The molecule has 188 valence electrons. The van der Waals surface area contributed by atoms with Gasteiger partial charge in [0.15, 0.2) is 0 Å². The Kier molecular flexibility index (Phi) is 6.47. The molecule has 0 bridgehead atoms. The van der Waals surface area contributed by atoms with Crippen LogP contribution in [0.25, 0.3) is 11.3 Å². The Labute approximate surface area is 218 Å². The molecule has 1 saturated carbocycles. The third-order valence-corrected chi connectivity index (χ3v) is 7.46. The summed E-state index contributed by atoms with van der Waals surface area (Å²) in [4.78, 5) is 22.8. The monoisotopic (exact) mass is 529 g/mol. The summed E-state index contributed by atoms with van der Waals surface area (Å²) < 4.78 is 12.1. The number of anilines is 1. The Balaban J connectivity index is 1.09. The number of pyridine rings is 1. The van der Waals surface area contributed by atoms with Gasteiger partial charge >= 0.3 is 6.09 Å². The van der Waals surface area contributed by atoms with Gasteiger partial charge in [-0.05, 0) is 43.9 Å². The van der Waals surface area contributed by atoms with E-state index in [1.165, 1.54) is 0 Å². The minimum atomic E-state index is -0.497. The number of ether oxygens (including phenoxy) is 1. The molecule has 6 rings (SSSR count). The second kappa shape index (κ2) is 9.89. The van der Waals surface area contributed by atoms with Crippen molar-refractivity contribution in [1.29, 1.82) is 0 Å². The zero-order valence-electron chi connectivity index (χ0n) is 19.4. The van der Waals surface area contributed by atoms with Crippen molar-refractivity contribution >= 4 is 35.1 Å². The van der Waals surface area contributed by atoms with E-state index >= 15 is 0 Å². The lowest BCUT2D eigenvalue weighted by Crippen LogP contribution is -2.37. The van der Waals surface area contributed by atoms with E-state index in [-0.39, 0.29) is 12.3 Å². The fraction of sp³-hybridized carbons (Fsp3) is 0.400. The maximum Gasteiger partial charge on any atom is 0.427 e. The number of aromatic nitrogens is 2. The van der Waals surface area contributed by atoms with E-state index in [2.05, 4.69) is 25.8 Å². The third-order valence-electron chi connectivity index (χ3n) is 6.83. The summed E-state index contributed by atoms with van der Waals surface area (Å²) in [5.74, 6) is 2.18. The SMILES string of the molecule is O=C1NC(c2ccc(N3CCC(OCc4c(-c5c(Cl)cccc5Cl)noc4C4CC4)CC3)nc2)NO1. The van der Waals surface area contributed by atoms with Crippen LogP contribution >= 0.6 is 23.2 Å². The highest BCUT2D eigenvalue weighted by Gasteiger charge is 2.34. The molecule has 2 aromatic heterocycles. The number of rotatable bonds is 7. The molecule has 1 amide bonds. The highest BCUT2D eigenvalue weighted by Crippen LogP contribution is 2.46. The normalized spacial score (nSPS) is 20.4. The summed E-state index contributed by atoms with van der Waals surface area (Å²) in [5.41, 5.74) is 5.78. The van der Waals surface area contributed by atoms with Gasteiger partial charge in [-0.15, -0.1) is 5.48 Å². The van der Waals surface area contributed by atoms with Crippen molar-refractivity contribution in [2.24, 2.45) is 0 Å². The molecule has 3 aliphatic rings. The molecule has 2 saturated heterocycles. The Morgan fingerprint density at radius 1 is 1.08 bits per heavy atom. The molecule has 1 unspecified atom stereocenters. The number of carbonyl (C=O) groups is 1. The molecule has 0 spiro atoms. The first kappa shape index (κ1) is 23.5. The maximum atomic E-state index is 11.2. The molecule has 1 atom stereocenters. The number of halogens is 2. The predicted octanol–water partition coefficient (Wildman–Crippen LogP) is 5.35. The molecule has 0 radical (unpaired) electrons. The van der Waals surface area contributed by atoms with Crippen molar-refractivity contribution in [3.63, 3.8) is 0 Å². The number of piperidine rings is 1. The maximum absolute atomic E-state index is 11.2. The molecular formula is C25H25Cl2N5O4. The number of hydrogen-bond donors (Lipinski definition) is 2. The topological polar surface area (TPSA) is 102 Å². The Morgan fingerprint density at radius 3 is 2.50 bits per heavy atom. The average Bonchev–Trinajstić information content (AvgIpc) is 3.51. The van der Waals surface area contributed by atoms with Crippen LogP contribution < -0.4 is 15.7 Å². The second-order valence-electron chi connectivity index (χ2n) is 9.28. The lowest BCUT2D eigenvalue weighted by molar-refractivity contribution is 0.0245. The summed E-state index contributed by atoms with van der Waals surface area (Å²) >= 11 is 12.9. The summed E-state index contributed by atoms with van der Waals surface area (Å²) in [7, 11) is 0. The van der Waals surface area contributed by atoms with Crippen LogP contribution in [0.3, 0.4) is 0 Å². The number of nitrogens with one attached hydrogen (secondary N) is 2. The lowest BCUT2D eigenvalue weighted by Gasteiger charge is -2.32. The van der Waals surface area contributed by atoms with Crippen molar-refractivity contribution < 1.29 is 18.9 Å². The standard InChI is InChI=1S/C25H25Cl2N5O4/c26-18-2-1-3-19(27)21(18)22-17(23(35-30-22)14-4-5-14)13-34-16-8-10-32(11-9-16)20-7-6-15(12-28-20)24-29-25(33)36-31-24/h1-3,6-7,12,14,16,24,31H,4-5,8-11,13H2,(H,29,33). The van der Waals surface area contributed by atoms with Gasteiger partial charge in [0, 0.05) is 41.9 Å². The molecule has 36 heavy (non-hydrogen) atoms. The number of carbonyl (C=O) groups excluding carboxylic acids is 1. The number of amides is 1. The van der Waals surface area contributed by atoms with Crippen LogP contribution in [0.5, 0.6) is 0 Å². The second-order valence-corrected chi connectivity index (χ2v) is 10.1. The summed E-state index contributed by atoms with van der Waals surface area (Å²) in [6.07, 6.45) is 4.93. The van der Waals surface area contributed by atoms with Crippen molar-refractivity contribution in [3.05, 3.63) is 63.5 Å². The van der Waals surface area contributed by atoms with Crippen molar-refractivity contribution in [1.82, 2.24) is 20.9 Å². The minimum absolute atomic E-state index is 0.118. The minimum Gasteiger partial charge on any atom is -0.373 e. The molecule has 2 aliphatic heterocycles. The molecule has 4 heterocycles. The third kappa shape index (κ3) is 4.76. The molecule has 3 aromatic rings. The van der Waals surface area contributed by atoms with Crippen LogP contribution in [-0.4, -0.2) is 35.4 Å². The molecule has 9 nitrogen and oxygen atoms in total. The van der Waals surface area contributed by atoms with Gasteiger partial charge in [-0.2, -0.15) is 0 Å². The molecule has 11 heteroatoms. The molecular weight excluding hydrogens is 505 g/mol. The van der Waals surface area contributed by atoms with Gasteiger partial charge in [0.1, 0.15) is 23.4 Å². The van der Waals surface area contributed by atoms with E-state index in [1.807, 2.05) is 30.3 Å². The van der Waals surface area contributed by atoms with Crippen molar-refractivity contribution in [2.75, 3.05) is 18.0 Å². The van der Waals surface area contributed by atoms with Gasteiger partial charge < -0.3 is 19.0 Å². The average molecular weight is 530 g/mol. The van der Waals surface area contributed by atoms with Gasteiger partial charge in [-0.1, -0.05) is 40.5 Å². The predicted molar refractivity (Wildman–Crippen MR) is 134 cm³/mol. The zero-order valence-corrected chi connectivity index (χ0v) is 20.9. The van der Waals surface area contributed by atoms with E-state index in [1.54, 1.807) is 6.20 Å². The molecule has 3 fully saturated rings. The number of hydrogen-bond acceptors (Lipinski definition) is 8. The summed E-state index contributed by atoms with van der Waals surface area (Å²) in [5, 5.41) is 8.11. The fourth-order valence-corrected chi connectivity index (χ4v) is 5.27. The van der Waals surface area contributed by atoms with Gasteiger partial charge in [0.2, 0.25) is 0 Å². The quantitative estimate of drug-likeness (QED) is 0.422. The van der Waals surface area contributed by atoms with Crippen LogP contribution in [0.4, 0.5) is 10.6 Å². The van der Waals surface area contributed by atoms with E-state index in [4.69, 9.17) is 37.3 Å². The molecule has 1 aromatic carbocycles. The zero-order chi connectivity index (χ0) is 24.6. The van der Waals surface area contributed by atoms with Gasteiger partial charge in [-0.3, -0.25) is 5.32 Å². The highest BCUT2D eigenvalue weighted by atomic mass is 35.5. The first-order chi connectivity index (χ1) is 17.6. The van der Waals surface area contributed by atoms with Crippen LogP contribution in [0.1, 0.15) is 54.7 Å². The van der Waals surface area contributed by atoms with Crippen LogP contribution in [0.15, 0.2) is 41.1 Å². The fourth-order valence-electron chi connectivity index (χ4n) is 4.70. The molecule has 1 aliphatic carbocycles. The molecule has 2 N–H and O–H groups in total. The first-order valence-electron chi connectivity index (χ1n) is 12.0. The summed E-state index contributed by atoms with van der Waals surface area (Å²) in [6.45, 7) is 2.08. The number of hydroxylamine groups is 1.